The van der Waals surface area contributed by atoms with Crippen LogP contribution in [-0.4, -0.2) is 53.5 Å². The van der Waals surface area contributed by atoms with Crippen molar-refractivity contribution in [1.82, 2.24) is 14.5 Å². The zero-order valence-corrected chi connectivity index (χ0v) is 18.8. The van der Waals surface area contributed by atoms with Gasteiger partial charge in [-0.1, -0.05) is 18.2 Å². The smallest absolute Gasteiger partial charge is 0.508 e. The van der Waals surface area contributed by atoms with Crippen LogP contribution in [0.25, 0.3) is 4.85 Å². The lowest BCUT2D eigenvalue weighted by molar-refractivity contribution is -0.274. The highest BCUT2D eigenvalue weighted by atomic mass is 19.4. The third-order valence-electron chi connectivity index (χ3n) is 5.56. The van der Waals surface area contributed by atoms with Crippen LogP contribution in [0, 0.1) is 6.57 Å². The Morgan fingerprint density at radius 1 is 1.14 bits per heavy atom. The minimum atomic E-state index is -4.80. The van der Waals surface area contributed by atoms with Gasteiger partial charge in [0.05, 0.1) is 32.2 Å². The molecule has 1 aromatic heterocycles. The van der Waals surface area contributed by atoms with E-state index in [-0.39, 0.29) is 18.2 Å². The normalized spacial score (nSPS) is 14.6. The molecule has 0 N–H and O–H groups in total. The van der Waals surface area contributed by atoms with Gasteiger partial charge in [-0.25, -0.2) is 9.83 Å². The average Bonchev–Trinajstić information content (AvgIpc) is 3.24. The van der Waals surface area contributed by atoms with Gasteiger partial charge in [-0.15, -0.1) is 13.2 Å². The molecular formula is C24H22F3N5O3. The number of anilines is 1. The lowest BCUT2D eigenvalue weighted by Gasteiger charge is -2.34. The van der Waals surface area contributed by atoms with Crippen LogP contribution >= 0.6 is 0 Å². The second-order valence-corrected chi connectivity index (χ2v) is 7.93. The Bertz CT molecular complexity index is 1250. The van der Waals surface area contributed by atoms with Crippen molar-refractivity contribution in [2.75, 3.05) is 31.6 Å². The predicted molar refractivity (Wildman–Crippen MR) is 121 cm³/mol. The van der Waals surface area contributed by atoms with Crippen molar-refractivity contribution in [2.24, 2.45) is 0 Å². The minimum absolute atomic E-state index is 0.114. The monoisotopic (exact) mass is 485 g/mol. The molecule has 182 valence electrons. The van der Waals surface area contributed by atoms with Crippen molar-refractivity contribution < 1.29 is 27.4 Å². The highest BCUT2D eigenvalue weighted by molar-refractivity contribution is 5.95. The van der Waals surface area contributed by atoms with Crippen LogP contribution in [0.5, 0.6) is 11.5 Å². The van der Waals surface area contributed by atoms with E-state index in [4.69, 9.17) is 11.3 Å². The lowest BCUT2D eigenvalue weighted by atomic mass is 10.2. The number of alkyl halides is 3. The van der Waals surface area contributed by atoms with Crippen LogP contribution in [0.1, 0.15) is 11.3 Å². The largest absolute Gasteiger partial charge is 0.573 e. The van der Waals surface area contributed by atoms with E-state index in [1.807, 2.05) is 21.6 Å². The number of amides is 1. The Balaban J connectivity index is 1.40. The molecule has 1 aliphatic heterocycles. The highest BCUT2D eigenvalue weighted by Crippen LogP contribution is 2.29. The number of carbonyl (C=O) groups is 1. The molecule has 0 saturated carbocycles. The van der Waals surface area contributed by atoms with Gasteiger partial charge in [0.1, 0.15) is 11.5 Å². The van der Waals surface area contributed by atoms with E-state index < -0.39 is 6.36 Å². The fraction of sp³-hybridized carbons (Fsp3) is 0.292. The Morgan fingerprint density at radius 2 is 1.97 bits per heavy atom. The molecule has 3 aromatic rings. The second kappa shape index (κ2) is 10.1. The summed E-state index contributed by atoms with van der Waals surface area (Å²) in [5.74, 6) is -0.0771. The zero-order valence-electron chi connectivity index (χ0n) is 18.8. The molecule has 35 heavy (non-hydrogen) atoms. The molecule has 0 aliphatic carbocycles. The third-order valence-corrected chi connectivity index (χ3v) is 5.56. The maximum absolute atomic E-state index is 12.8. The highest BCUT2D eigenvalue weighted by Gasteiger charge is 2.32. The van der Waals surface area contributed by atoms with Crippen LogP contribution in [0.2, 0.25) is 0 Å². The molecule has 4 rings (SSSR count). The van der Waals surface area contributed by atoms with Crippen LogP contribution in [0.4, 0.5) is 24.5 Å². The van der Waals surface area contributed by atoms with Crippen molar-refractivity contribution in [1.29, 1.82) is 0 Å². The summed E-state index contributed by atoms with van der Waals surface area (Å²) in [5, 5.41) is 0. The molecule has 0 spiro atoms. The van der Waals surface area contributed by atoms with Crippen molar-refractivity contribution in [3.8, 4) is 11.5 Å². The molecule has 0 radical (unpaired) electrons. The SMILES string of the molecule is [C-]#[N+]c1ccc(Cn2cncc2CN2CCN(c3cccc(OC(F)(F)F)c3)C(=O)C2)cc1OC. The van der Waals surface area contributed by atoms with Gasteiger partial charge in [-0.2, -0.15) is 0 Å². The first-order valence-corrected chi connectivity index (χ1v) is 10.7. The van der Waals surface area contributed by atoms with Gasteiger partial charge in [-0.05, 0) is 23.8 Å². The van der Waals surface area contributed by atoms with E-state index in [1.165, 1.54) is 30.2 Å². The molecule has 1 saturated heterocycles. The van der Waals surface area contributed by atoms with Gasteiger partial charge in [-0.3, -0.25) is 9.69 Å². The van der Waals surface area contributed by atoms with Gasteiger partial charge in [0.2, 0.25) is 11.6 Å². The van der Waals surface area contributed by atoms with Crippen molar-refractivity contribution in [2.45, 2.75) is 19.5 Å². The summed E-state index contributed by atoms with van der Waals surface area (Å²) in [6, 6.07) is 10.8. The Kier molecular flexibility index (Phi) is 6.93. The third kappa shape index (κ3) is 5.91. The quantitative estimate of drug-likeness (QED) is 0.469. The molecule has 2 aromatic carbocycles. The number of ether oxygens (including phenoxy) is 2. The van der Waals surface area contributed by atoms with Crippen molar-refractivity contribution in [3.05, 3.63) is 77.7 Å². The summed E-state index contributed by atoms with van der Waals surface area (Å²) < 4.78 is 48.8. The van der Waals surface area contributed by atoms with Crippen LogP contribution < -0.4 is 14.4 Å². The molecular weight excluding hydrogens is 463 g/mol. The topological polar surface area (TPSA) is 64.2 Å². The molecule has 0 atom stereocenters. The average molecular weight is 485 g/mol. The first kappa shape index (κ1) is 24.1. The fourth-order valence-electron chi connectivity index (χ4n) is 3.94. The van der Waals surface area contributed by atoms with Gasteiger partial charge in [0, 0.05) is 44.1 Å². The van der Waals surface area contributed by atoms with Gasteiger partial charge >= 0.3 is 6.36 Å². The standard InChI is InChI=1S/C24H22F3N5O3/c1-28-21-7-6-17(10-22(21)34-2)13-31-16-29-12-19(31)14-30-8-9-32(23(33)15-30)18-4-3-5-20(11-18)35-24(25,26)27/h3-7,10-12,16H,8-9,13-15H2,2H3. The number of halogens is 3. The van der Waals surface area contributed by atoms with Crippen LogP contribution in [-0.2, 0) is 17.9 Å². The lowest BCUT2D eigenvalue weighted by Crippen LogP contribution is -2.50. The second-order valence-electron chi connectivity index (χ2n) is 7.93. The summed E-state index contributed by atoms with van der Waals surface area (Å²) in [5.41, 5.74) is 2.64. The summed E-state index contributed by atoms with van der Waals surface area (Å²) in [6.07, 6.45) is -1.36. The van der Waals surface area contributed by atoms with Gasteiger partial charge in [0.25, 0.3) is 0 Å². The summed E-state index contributed by atoms with van der Waals surface area (Å²) in [4.78, 5) is 23.9. The summed E-state index contributed by atoms with van der Waals surface area (Å²) in [7, 11) is 1.52. The summed E-state index contributed by atoms with van der Waals surface area (Å²) in [6.45, 7) is 9.18. The molecule has 1 fully saturated rings. The number of rotatable bonds is 7. The van der Waals surface area contributed by atoms with Crippen LogP contribution in [0.15, 0.2) is 55.0 Å². The number of methoxy groups -OCH3 is 1. The molecule has 1 aliphatic rings. The molecule has 0 bridgehead atoms. The number of carbonyl (C=O) groups excluding carboxylic acids is 1. The van der Waals surface area contributed by atoms with E-state index in [0.29, 0.717) is 43.3 Å². The van der Waals surface area contributed by atoms with E-state index in [9.17, 15) is 18.0 Å². The van der Waals surface area contributed by atoms with Gasteiger partial charge in [0.15, 0.2) is 0 Å². The molecule has 2 heterocycles. The number of aromatic nitrogens is 2. The summed E-state index contributed by atoms with van der Waals surface area (Å²) >= 11 is 0. The maximum atomic E-state index is 12.8. The Labute approximate surface area is 199 Å². The number of imidazole rings is 1. The molecule has 11 heteroatoms. The molecule has 8 nitrogen and oxygen atoms in total. The first-order valence-electron chi connectivity index (χ1n) is 10.7. The number of nitrogens with zero attached hydrogens (tertiary/aromatic N) is 5. The van der Waals surface area contributed by atoms with E-state index in [0.717, 1.165) is 11.3 Å². The Hall–Kier alpha value is -4.04. The van der Waals surface area contributed by atoms with Crippen molar-refractivity contribution >= 4 is 17.3 Å². The number of benzene rings is 2. The molecule has 1 amide bonds. The van der Waals surface area contributed by atoms with E-state index in [2.05, 4.69) is 14.6 Å². The van der Waals surface area contributed by atoms with Crippen LogP contribution in [0.3, 0.4) is 0 Å². The number of hydrogen-bond acceptors (Lipinski definition) is 5. The Morgan fingerprint density at radius 3 is 2.69 bits per heavy atom. The maximum Gasteiger partial charge on any atom is 0.573 e. The minimum Gasteiger partial charge on any atom is -0.508 e. The van der Waals surface area contributed by atoms with Crippen molar-refractivity contribution in [3.63, 3.8) is 0 Å². The van der Waals surface area contributed by atoms with Gasteiger partial charge < -0.3 is 18.9 Å². The molecule has 0 unspecified atom stereocenters. The van der Waals surface area contributed by atoms with E-state index in [1.54, 1.807) is 24.7 Å². The first-order chi connectivity index (χ1) is 16.8. The fourth-order valence-corrected chi connectivity index (χ4v) is 3.94. The zero-order chi connectivity index (χ0) is 25.0. The predicted octanol–water partition coefficient (Wildman–Crippen LogP) is 4.24. The number of hydrogen-bond donors (Lipinski definition) is 0. The van der Waals surface area contributed by atoms with E-state index >= 15 is 0 Å². The number of piperazine rings is 1.